The third-order valence-electron chi connectivity index (χ3n) is 7.57. The van der Waals surface area contributed by atoms with Gasteiger partial charge in [0.25, 0.3) is 0 Å². The average molecular weight is 526 g/mol. The number of hydrogen-bond donors (Lipinski definition) is 0. The van der Waals surface area contributed by atoms with Gasteiger partial charge in [0, 0.05) is 36.9 Å². The molecule has 0 saturated carbocycles. The van der Waals surface area contributed by atoms with E-state index in [1.165, 1.54) is 70.6 Å². The van der Waals surface area contributed by atoms with Gasteiger partial charge < -0.3 is 9.47 Å². The molecule has 0 atom stereocenters. The van der Waals surface area contributed by atoms with E-state index in [-0.39, 0.29) is 28.8 Å². The van der Waals surface area contributed by atoms with E-state index < -0.39 is 0 Å². The van der Waals surface area contributed by atoms with Crippen LogP contribution in [0.5, 0.6) is 0 Å². The van der Waals surface area contributed by atoms with Crippen LogP contribution in [-0.2, 0) is 19.1 Å². The summed E-state index contributed by atoms with van der Waals surface area (Å²) in [7, 11) is 0. The quantitative estimate of drug-likeness (QED) is 0.110. The molecule has 5 heteroatoms. The number of carbonyl (C=O) groups is 1. The maximum absolute atomic E-state index is 12.6. The molecule has 0 aliphatic carbocycles. The molecule has 1 rings (SSSR count). The van der Waals surface area contributed by atoms with Crippen molar-refractivity contribution >= 4 is 5.97 Å². The molecule has 1 aliphatic rings. The lowest BCUT2D eigenvalue weighted by atomic mass is 9.80. The molecule has 37 heavy (non-hydrogen) atoms. The fourth-order valence-corrected chi connectivity index (χ4v) is 5.78. The Labute approximate surface area is 230 Å². The number of hydroxylamine groups is 2. The van der Waals surface area contributed by atoms with Crippen LogP contribution >= 0.6 is 0 Å². The predicted octanol–water partition coefficient (Wildman–Crippen LogP) is 9.17. The first-order chi connectivity index (χ1) is 17.4. The van der Waals surface area contributed by atoms with E-state index in [1.807, 2.05) is 0 Å². The number of rotatable bonds is 21. The Hall–Kier alpha value is -0.650. The highest BCUT2D eigenvalue weighted by molar-refractivity contribution is 5.69. The maximum atomic E-state index is 12.6. The smallest absolute Gasteiger partial charge is 0.306 e. The summed E-state index contributed by atoms with van der Waals surface area (Å²) in [5.74, 6) is -0.0388. The van der Waals surface area contributed by atoms with Crippen molar-refractivity contribution in [2.75, 3.05) is 13.2 Å². The van der Waals surface area contributed by atoms with Crippen LogP contribution in [0.2, 0.25) is 0 Å². The average Bonchev–Trinajstić information content (AvgIpc) is 2.79. The fourth-order valence-electron chi connectivity index (χ4n) is 5.78. The Bertz CT molecular complexity index is 584. The monoisotopic (exact) mass is 525 g/mol. The highest BCUT2D eigenvalue weighted by Crippen LogP contribution is 2.40. The van der Waals surface area contributed by atoms with E-state index in [4.69, 9.17) is 14.3 Å². The summed E-state index contributed by atoms with van der Waals surface area (Å²) in [5, 5.41) is 2.12. The summed E-state index contributed by atoms with van der Waals surface area (Å²) in [6, 6.07) is 0. The highest BCUT2D eigenvalue weighted by Gasteiger charge is 2.48. The normalized spacial score (nSPS) is 18.3. The standard InChI is InChI=1S/C32H63NO4/c1-9-11-12-13-14-15-16-17-18-19-20-21-22-23-29(34)37-28-25-30(3,4)33(31(5,6)26-28)36-27-32(7,8)35-24-10-2/h28H,9-27H2,1-8H3. The van der Waals surface area contributed by atoms with Crippen LogP contribution in [0.1, 0.15) is 165 Å². The maximum Gasteiger partial charge on any atom is 0.306 e. The molecule has 0 aromatic carbocycles. The SMILES string of the molecule is CCCCCCCCCCCCCCCC(=O)OC1CC(C)(C)N(OCC(C)(C)OCCC)C(C)(C)C1. The Morgan fingerprint density at radius 1 is 0.757 bits per heavy atom. The molecule has 0 N–H and O–H groups in total. The number of ether oxygens (including phenoxy) is 2. The van der Waals surface area contributed by atoms with Gasteiger partial charge in [0.05, 0.1) is 12.2 Å². The van der Waals surface area contributed by atoms with Crippen LogP contribution in [0.3, 0.4) is 0 Å². The largest absolute Gasteiger partial charge is 0.462 e. The first-order valence-corrected chi connectivity index (χ1v) is 15.7. The van der Waals surface area contributed by atoms with Crippen molar-refractivity contribution in [3.05, 3.63) is 0 Å². The van der Waals surface area contributed by atoms with Gasteiger partial charge in [0.2, 0.25) is 0 Å². The van der Waals surface area contributed by atoms with E-state index in [1.54, 1.807) is 0 Å². The summed E-state index contributed by atoms with van der Waals surface area (Å²) >= 11 is 0. The molecule has 220 valence electrons. The minimum atomic E-state index is -0.334. The first kappa shape index (κ1) is 34.4. The molecule has 0 unspecified atom stereocenters. The van der Waals surface area contributed by atoms with Gasteiger partial charge in [-0.1, -0.05) is 90.9 Å². The summed E-state index contributed by atoms with van der Waals surface area (Å²) in [6.07, 6.45) is 20.1. The molecule has 1 heterocycles. The van der Waals surface area contributed by atoms with Gasteiger partial charge in [-0.05, 0) is 54.4 Å². The third kappa shape index (κ3) is 14.9. The van der Waals surface area contributed by atoms with E-state index in [9.17, 15) is 4.79 Å². The summed E-state index contributed by atoms with van der Waals surface area (Å²) < 4.78 is 11.9. The molecule has 1 aliphatic heterocycles. The second-order valence-electron chi connectivity index (χ2n) is 13.3. The van der Waals surface area contributed by atoms with Gasteiger partial charge in [0.1, 0.15) is 6.10 Å². The van der Waals surface area contributed by atoms with Crippen molar-refractivity contribution in [2.24, 2.45) is 0 Å². The van der Waals surface area contributed by atoms with Gasteiger partial charge in [-0.3, -0.25) is 9.63 Å². The van der Waals surface area contributed by atoms with Crippen molar-refractivity contribution in [1.82, 2.24) is 5.06 Å². The zero-order chi connectivity index (χ0) is 27.8. The van der Waals surface area contributed by atoms with Crippen LogP contribution in [0.25, 0.3) is 0 Å². The van der Waals surface area contributed by atoms with Crippen molar-refractivity contribution in [1.29, 1.82) is 0 Å². The number of unbranched alkanes of at least 4 members (excludes halogenated alkanes) is 12. The molecule has 0 aromatic heterocycles. The summed E-state index contributed by atoms with van der Waals surface area (Å²) in [4.78, 5) is 18.9. The second-order valence-corrected chi connectivity index (χ2v) is 13.3. The van der Waals surface area contributed by atoms with Gasteiger partial charge in [-0.15, -0.1) is 0 Å². The fraction of sp³-hybridized carbons (Fsp3) is 0.969. The zero-order valence-electron chi connectivity index (χ0n) is 26.1. The van der Waals surface area contributed by atoms with Crippen LogP contribution in [-0.4, -0.2) is 47.0 Å². The lowest BCUT2D eigenvalue weighted by Gasteiger charge is -2.53. The molecular weight excluding hydrogens is 462 g/mol. The lowest BCUT2D eigenvalue weighted by molar-refractivity contribution is -0.309. The van der Waals surface area contributed by atoms with Gasteiger partial charge in [-0.25, -0.2) is 0 Å². The number of hydrogen-bond acceptors (Lipinski definition) is 5. The molecule has 0 aromatic rings. The van der Waals surface area contributed by atoms with Crippen LogP contribution in [0.4, 0.5) is 0 Å². The van der Waals surface area contributed by atoms with Crippen LogP contribution < -0.4 is 0 Å². The number of piperidine rings is 1. The minimum absolute atomic E-state index is 0.0388. The number of nitrogens with zero attached hydrogens (tertiary/aromatic N) is 1. The Morgan fingerprint density at radius 2 is 1.22 bits per heavy atom. The van der Waals surface area contributed by atoms with Crippen molar-refractivity contribution in [3.63, 3.8) is 0 Å². The highest BCUT2D eigenvalue weighted by atomic mass is 16.7. The molecule has 1 fully saturated rings. The molecule has 0 amide bonds. The molecule has 1 saturated heterocycles. The zero-order valence-corrected chi connectivity index (χ0v) is 26.1. The van der Waals surface area contributed by atoms with E-state index in [2.05, 4.69) is 60.5 Å². The molecule has 5 nitrogen and oxygen atoms in total. The Kier molecular flexibility index (Phi) is 16.6. The third-order valence-corrected chi connectivity index (χ3v) is 7.57. The number of carbonyl (C=O) groups excluding carboxylic acids is 1. The van der Waals surface area contributed by atoms with E-state index in [0.717, 1.165) is 38.7 Å². The van der Waals surface area contributed by atoms with E-state index >= 15 is 0 Å². The first-order valence-electron chi connectivity index (χ1n) is 15.7. The van der Waals surface area contributed by atoms with E-state index in [0.29, 0.717) is 13.0 Å². The molecule has 0 radical (unpaired) electrons. The summed E-state index contributed by atoms with van der Waals surface area (Å²) in [6.45, 7) is 18.5. The molecular formula is C32H63NO4. The lowest BCUT2D eigenvalue weighted by Crippen LogP contribution is -2.62. The molecule has 0 bridgehead atoms. The van der Waals surface area contributed by atoms with Crippen molar-refractivity contribution in [3.8, 4) is 0 Å². The Balaban J connectivity index is 2.25. The molecule has 0 spiro atoms. The topological polar surface area (TPSA) is 48.0 Å². The van der Waals surface area contributed by atoms with Gasteiger partial charge in [-0.2, -0.15) is 5.06 Å². The second kappa shape index (κ2) is 17.8. The summed E-state index contributed by atoms with van der Waals surface area (Å²) in [5.41, 5.74) is -0.800. The minimum Gasteiger partial charge on any atom is -0.462 e. The number of esters is 1. The predicted molar refractivity (Wildman–Crippen MR) is 156 cm³/mol. The van der Waals surface area contributed by atoms with Gasteiger partial charge >= 0.3 is 5.97 Å². The van der Waals surface area contributed by atoms with Crippen LogP contribution in [0, 0.1) is 0 Å². The van der Waals surface area contributed by atoms with Gasteiger partial charge in [0.15, 0.2) is 0 Å². The van der Waals surface area contributed by atoms with Crippen molar-refractivity contribution < 1.29 is 19.1 Å². The van der Waals surface area contributed by atoms with Crippen LogP contribution in [0.15, 0.2) is 0 Å². The van der Waals surface area contributed by atoms with Crippen molar-refractivity contribution in [2.45, 2.75) is 187 Å². The Morgan fingerprint density at radius 3 is 1.68 bits per heavy atom.